The minimum Gasteiger partial charge on any atom is -0.462 e. The van der Waals surface area contributed by atoms with E-state index in [0.717, 1.165) is 69.6 Å². The summed E-state index contributed by atoms with van der Waals surface area (Å²) in [4.78, 5) is 38.0. The van der Waals surface area contributed by atoms with E-state index in [9.17, 15) is 14.4 Å². The van der Waals surface area contributed by atoms with E-state index < -0.39 is 6.10 Å². The molecule has 0 aromatic heterocycles. The number of hydrogen-bond donors (Lipinski definition) is 0. The Bertz CT molecular complexity index is 931. The molecule has 362 valence electrons. The lowest BCUT2D eigenvalue weighted by Gasteiger charge is -2.18. The lowest BCUT2D eigenvalue weighted by atomic mass is 10.0. The fourth-order valence-electron chi connectivity index (χ4n) is 8.34. The molecule has 0 rings (SSSR count). The Hall–Kier alpha value is -1.59. The van der Waals surface area contributed by atoms with Gasteiger partial charge in [-0.2, -0.15) is 0 Å². The average molecular weight is 863 g/mol. The van der Waals surface area contributed by atoms with E-state index in [1.54, 1.807) is 0 Å². The Labute approximate surface area is 380 Å². The number of rotatable bonds is 49. The first-order valence-electron chi connectivity index (χ1n) is 27.2. The van der Waals surface area contributed by atoms with Gasteiger partial charge in [0.2, 0.25) is 0 Å². The molecule has 0 aliphatic heterocycles. The molecule has 1 atom stereocenters. The molecule has 0 aromatic carbocycles. The minimum absolute atomic E-state index is 0.0637. The highest BCUT2D eigenvalue weighted by atomic mass is 16.6. The normalized spacial score (nSPS) is 12.0. The molecule has 0 N–H and O–H groups in total. The maximum atomic E-state index is 12.8. The zero-order valence-corrected chi connectivity index (χ0v) is 41.8. The third-order valence-corrected chi connectivity index (χ3v) is 12.5. The van der Waals surface area contributed by atoms with E-state index in [1.165, 1.54) is 193 Å². The highest BCUT2D eigenvalue weighted by molar-refractivity contribution is 5.71. The molecule has 0 amide bonds. The van der Waals surface area contributed by atoms with E-state index in [2.05, 4.69) is 34.6 Å². The van der Waals surface area contributed by atoms with Crippen LogP contribution in [0.1, 0.15) is 304 Å². The third-order valence-electron chi connectivity index (χ3n) is 12.5. The van der Waals surface area contributed by atoms with Crippen molar-refractivity contribution in [2.24, 2.45) is 11.8 Å². The summed E-state index contributed by atoms with van der Waals surface area (Å²) in [5.41, 5.74) is 0. The second-order valence-electron chi connectivity index (χ2n) is 19.8. The van der Waals surface area contributed by atoms with Crippen molar-refractivity contribution in [3.05, 3.63) is 0 Å². The molecule has 0 fully saturated rings. The van der Waals surface area contributed by atoms with Crippen LogP contribution in [-0.2, 0) is 28.6 Å². The van der Waals surface area contributed by atoms with Crippen LogP contribution < -0.4 is 0 Å². The van der Waals surface area contributed by atoms with Crippen LogP contribution in [0.15, 0.2) is 0 Å². The molecule has 0 bridgehead atoms. The molecule has 0 aliphatic carbocycles. The summed E-state index contributed by atoms with van der Waals surface area (Å²) in [6.07, 6.45) is 49.6. The SMILES string of the molecule is CCCCCCCCCCCCCCCCCCC(=O)O[C@@H](COC(=O)CCCCCCCCCCCCCCCCC(C)C)COC(=O)CCCCCCCCCC(C)C. The number of unbranched alkanes of at least 4 members (excludes halogenated alkanes) is 34. The van der Waals surface area contributed by atoms with Gasteiger partial charge in [0.05, 0.1) is 0 Å². The number of esters is 3. The monoisotopic (exact) mass is 863 g/mol. The lowest BCUT2D eigenvalue weighted by molar-refractivity contribution is -0.167. The van der Waals surface area contributed by atoms with Gasteiger partial charge in [-0.15, -0.1) is 0 Å². The van der Waals surface area contributed by atoms with Crippen LogP contribution in [0.3, 0.4) is 0 Å². The van der Waals surface area contributed by atoms with Crippen LogP contribution in [0.25, 0.3) is 0 Å². The summed E-state index contributed by atoms with van der Waals surface area (Å²) in [5.74, 6) is 0.779. The zero-order chi connectivity index (χ0) is 44.7. The number of carbonyl (C=O) groups excluding carboxylic acids is 3. The van der Waals surface area contributed by atoms with Gasteiger partial charge in [0.15, 0.2) is 6.10 Å². The van der Waals surface area contributed by atoms with E-state index in [-0.39, 0.29) is 31.1 Å². The summed E-state index contributed by atoms with van der Waals surface area (Å²) in [5, 5.41) is 0. The first-order chi connectivity index (χ1) is 29.7. The van der Waals surface area contributed by atoms with E-state index in [1.807, 2.05) is 0 Å². The maximum absolute atomic E-state index is 12.8. The Kier molecular flexibility index (Phi) is 46.6. The molecular weight excluding hydrogens is 757 g/mol. The topological polar surface area (TPSA) is 78.9 Å². The van der Waals surface area contributed by atoms with Crippen LogP contribution in [0.4, 0.5) is 0 Å². The second kappa shape index (κ2) is 47.9. The Morgan fingerprint density at radius 1 is 0.311 bits per heavy atom. The van der Waals surface area contributed by atoms with Crippen LogP contribution in [0.2, 0.25) is 0 Å². The Morgan fingerprint density at radius 2 is 0.541 bits per heavy atom. The lowest BCUT2D eigenvalue weighted by Crippen LogP contribution is -2.30. The average Bonchev–Trinajstić information content (AvgIpc) is 3.23. The molecule has 0 heterocycles. The number of carbonyl (C=O) groups is 3. The molecule has 0 aromatic rings. The predicted octanol–water partition coefficient (Wildman–Crippen LogP) is 17.7. The molecule has 0 saturated heterocycles. The zero-order valence-electron chi connectivity index (χ0n) is 41.8. The maximum Gasteiger partial charge on any atom is 0.306 e. The number of hydrogen-bond acceptors (Lipinski definition) is 6. The standard InChI is InChI=1S/C55H106O6/c1-6-7-8-9-10-11-12-13-14-15-20-23-26-31-37-42-47-55(58)61-52(49-60-54(57)46-41-36-32-27-29-34-39-44-51(4)5)48-59-53(56)45-40-35-30-25-22-19-17-16-18-21-24-28-33-38-43-50(2)3/h50-52H,6-49H2,1-5H3/t52-/m0/s1. The van der Waals surface area contributed by atoms with Crippen molar-refractivity contribution in [1.29, 1.82) is 0 Å². The molecule has 6 heteroatoms. The summed E-state index contributed by atoms with van der Waals surface area (Å²) in [6, 6.07) is 0. The molecular formula is C55H106O6. The van der Waals surface area contributed by atoms with E-state index >= 15 is 0 Å². The Balaban J connectivity index is 4.26. The summed E-state index contributed by atoms with van der Waals surface area (Å²) in [7, 11) is 0. The number of ether oxygens (including phenoxy) is 3. The van der Waals surface area contributed by atoms with Crippen LogP contribution in [0.5, 0.6) is 0 Å². The van der Waals surface area contributed by atoms with Crippen molar-refractivity contribution >= 4 is 17.9 Å². The van der Waals surface area contributed by atoms with Gasteiger partial charge in [0, 0.05) is 19.3 Å². The summed E-state index contributed by atoms with van der Waals surface area (Å²) >= 11 is 0. The molecule has 0 unspecified atom stereocenters. The highest BCUT2D eigenvalue weighted by Gasteiger charge is 2.19. The van der Waals surface area contributed by atoms with Crippen molar-refractivity contribution in [3.8, 4) is 0 Å². The highest BCUT2D eigenvalue weighted by Crippen LogP contribution is 2.18. The van der Waals surface area contributed by atoms with Gasteiger partial charge in [-0.05, 0) is 31.1 Å². The summed E-state index contributed by atoms with van der Waals surface area (Å²) in [6.45, 7) is 11.4. The molecule has 0 radical (unpaired) electrons. The second-order valence-corrected chi connectivity index (χ2v) is 19.8. The van der Waals surface area contributed by atoms with Gasteiger partial charge in [-0.1, -0.05) is 266 Å². The fraction of sp³-hybridized carbons (Fsp3) is 0.945. The molecule has 6 nitrogen and oxygen atoms in total. The van der Waals surface area contributed by atoms with Crippen molar-refractivity contribution in [1.82, 2.24) is 0 Å². The van der Waals surface area contributed by atoms with E-state index in [0.29, 0.717) is 19.3 Å². The van der Waals surface area contributed by atoms with Crippen molar-refractivity contribution < 1.29 is 28.6 Å². The summed E-state index contributed by atoms with van der Waals surface area (Å²) < 4.78 is 16.8. The third kappa shape index (κ3) is 49.3. The first-order valence-corrected chi connectivity index (χ1v) is 27.2. The largest absolute Gasteiger partial charge is 0.462 e. The molecule has 0 aliphatic rings. The van der Waals surface area contributed by atoms with Gasteiger partial charge in [-0.3, -0.25) is 14.4 Å². The molecule has 0 saturated carbocycles. The Morgan fingerprint density at radius 3 is 0.803 bits per heavy atom. The van der Waals surface area contributed by atoms with Gasteiger partial charge >= 0.3 is 17.9 Å². The fourth-order valence-corrected chi connectivity index (χ4v) is 8.34. The molecule has 0 spiro atoms. The van der Waals surface area contributed by atoms with Crippen LogP contribution in [-0.4, -0.2) is 37.2 Å². The van der Waals surface area contributed by atoms with Gasteiger partial charge < -0.3 is 14.2 Å². The van der Waals surface area contributed by atoms with Crippen LogP contribution in [0, 0.1) is 11.8 Å². The van der Waals surface area contributed by atoms with Crippen molar-refractivity contribution in [3.63, 3.8) is 0 Å². The van der Waals surface area contributed by atoms with Crippen molar-refractivity contribution in [2.45, 2.75) is 310 Å². The first kappa shape index (κ1) is 59.4. The van der Waals surface area contributed by atoms with E-state index in [4.69, 9.17) is 14.2 Å². The van der Waals surface area contributed by atoms with Gasteiger partial charge in [-0.25, -0.2) is 0 Å². The smallest absolute Gasteiger partial charge is 0.306 e. The van der Waals surface area contributed by atoms with Crippen molar-refractivity contribution in [2.75, 3.05) is 13.2 Å². The predicted molar refractivity (Wildman–Crippen MR) is 261 cm³/mol. The van der Waals surface area contributed by atoms with Gasteiger partial charge in [0.1, 0.15) is 13.2 Å². The minimum atomic E-state index is -0.762. The molecule has 61 heavy (non-hydrogen) atoms. The quantitative estimate of drug-likeness (QED) is 0.0344. The van der Waals surface area contributed by atoms with Crippen LogP contribution >= 0.6 is 0 Å². The van der Waals surface area contributed by atoms with Gasteiger partial charge in [0.25, 0.3) is 0 Å².